The maximum atomic E-state index is 12.2. The van der Waals surface area contributed by atoms with Crippen molar-refractivity contribution in [2.45, 2.75) is 19.3 Å². The zero-order valence-electron chi connectivity index (χ0n) is 5.68. The Bertz CT molecular complexity index is 211. The molecule has 0 fully saturated rings. The van der Waals surface area contributed by atoms with E-state index in [4.69, 9.17) is 0 Å². The number of hydrogen-bond donors (Lipinski definition) is 0. The van der Waals surface area contributed by atoms with E-state index in [9.17, 15) is 21.7 Å². The average Bonchev–Trinajstić information content (AvgIpc) is 1.86. The molecule has 0 saturated carbocycles. The average molecular weight is 192 g/mol. The van der Waals surface area contributed by atoms with Crippen LogP contribution in [0.3, 0.4) is 0 Å². The van der Waals surface area contributed by atoms with Gasteiger partial charge in [-0.3, -0.25) is 0 Å². The number of rotatable bonds is 4. The second-order valence-corrected chi connectivity index (χ2v) is 3.50. The van der Waals surface area contributed by atoms with Crippen molar-refractivity contribution in [1.82, 2.24) is 0 Å². The van der Waals surface area contributed by atoms with Gasteiger partial charge in [-0.25, -0.2) is 8.78 Å². The second kappa shape index (κ2) is 3.40. The molecule has 0 amide bonds. The Labute approximate surface area is 62.2 Å². The third kappa shape index (κ3) is 4.20. The molecule has 0 heterocycles. The maximum absolute atomic E-state index is 12.2. The van der Waals surface area contributed by atoms with Crippen molar-refractivity contribution in [2.75, 3.05) is 5.75 Å². The normalized spacial score (nSPS) is 13.5. The van der Waals surface area contributed by atoms with Crippen molar-refractivity contribution in [1.29, 1.82) is 0 Å². The topological polar surface area (TPSA) is 43.4 Å². The van der Waals surface area contributed by atoms with Crippen LogP contribution >= 0.6 is 0 Å². The van der Waals surface area contributed by atoms with Crippen LogP contribution in [0, 0.1) is 0 Å². The summed E-state index contributed by atoms with van der Waals surface area (Å²) in [6.45, 7) is 1.09. The van der Waals surface area contributed by atoms with E-state index in [-0.39, 0.29) is 0 Å². The molecule has 0 atom stereocenters. The molecule has 0 bridgehead atoms. The van der Waals surface area contributed by atoms with Gasteiger partial charge >= 0.3 is 10.1 Å². The fourth-order valence-electron chi connectivity index (χ4n) is 0.383. The first-order valence-electron chi connectivity index (χ1n) is 2.74. The lowest BCUT2D eigenvalue weighted by molar-refractivity contribution is -0.0141. The van der Waals surface area contributed by atoms with E-state index in [0.29, 0.717) is 0 Å². The van der Waals surface area contributed by atoms with Crippen LogP contribution in [0.2, 0.25) is 0 Å². The van der Waals surface area contributed by atoms with Crippen LogP contribution < -0.4 is 0 Å². The molecule has 11 heavy (non-hydrogen) atoms. The zero-order valence-corrected chi connectivity index (χ0v) is 6.50. The zero-order chi connectivity index (χ0) is 9.12. The van der Waals surface area contributed by atoms with E-state index in [1.165, 1.54) is 0 Å². The summed E-state index contributed by atoms with van der Waals surface area (Å²) in [6.07, 6.45) is -0.671. The first-order chi connectivity index (χ1) is 4.83. The largest absolute Gasteiger partial charge is 0.303 e. The van der Waals surface area contributed by atoms with Gasteiger partial charge < -0.3 is 0 Å². The molecular weight excluding hydrogens is 185 g/mol. The number of halogens is 3. The number of hydrogen-bond acceptors (Lipinski definition) is 3. The Morgan fingerprint density at radius 2 is 1.91 bits per heavy atom. The van der Waals surface area contributed by atoms with Crippen molar-refractivity contribution in [3.05, 3.63) is 0 Å². The van der Waals surface area contributed by atoms with E-state index >= 15 is 0 Å². The van der Waals surface area contributed by atoms with Gasteiger partial charge in [0.15, 0.2) is 0 Å². The van der Waals surface area contributed by atoms with Crippen LogP contribution in [-0.2, 0) is 14.5 Å². The fraction of sp³-hybridized carbons (Fsp3) is 1.00. The van der Waals surface area contributed by atoms with Crippen LogP contribution in [0.4, 0.5) is 13.3 Å². The van der Waals surface area contributed by atoms with Gasteiger partial charge in [-0.2, -0.15) is 8.42 Å². The van der Waals surface area contributed by atoms with Gasteiger partial charge in [0.2, 0.25) is 0 Å². The highest BCUT2D eigenvalue weighted by Crippen LogP contribution is 2.20. The summed E-state index contributed by atoms with van der Waals surface area (Å²) >= 11 is 0. The number of alkyl halides is 2. The molecule has 0 aromatic heterocycles. The summed E-state index contributed by atoms with van der Waals surface area (Å²) in [4.78, 5) is 0. The third-order valence-corrected chi connectivity index (χ3v) is 1.97. The highest BCUT2D eigenvalue weighted by molar-refractivity contribution is 7.86. The molecule has 7 heteroatoms. The van der Waals surface area contributed by atoms with Crippen molar-refractivity contribution in [3.8, 4) is 0 Å². The lowest BCUT2D eigenvalue weighted by Gasteiger charge is -2.10. The molecule has 3 nitrogen and oxygen atoms in total. The standard InChI is InChI=1S/C4H7F3O3S/c1-2-4(5,6)3-11(8,9)10-7/h2-3H2,1H3. The quantitative estimate of drug-likeness (QED) is 0.673. The minimum atomic E-state index is -4.71. The Balaban J connectivity index is 4.26. The fourth-order valence-corrected chi connectivity index (χ4v) is 1.15. The molecule has 0 spiro atoms. The lowest BCUT2D eigenvalue weighted by Crippen LogP contribution is -2.26. The predicted molar refractivity (Wildman–Crippen MR) is 31.2 cm³/mol. The van der Waals surface area contributed by atoms with Crippen molar-refractivity contribution >= 4 is 10.1 Å². The first-order valence-corrected chi connectivity index (χ1v) is 4.31. The molecule has 0 saturated heterocycles. The van der Waals surface area contributed by atoms with E-state index in [0.717, 1.165) is 6.92 Å². The van der Waals surface area contributed by atoms with E-state index < -0.39 is 28.2 Å². The minimum absolute atomic E-state index is 0.671. The summed E-state index contributed by atoms with van der Waals surface area (Å²) in [5.74, 6) is -5.04. The van der Waals surface area contributed by atoms with Crippen LogP contribution in [0.15, 0.2) is 0 Å². The van der Waals surface area contributed by atoms with Gasteiger partial charge in [-0.05, 0) is 4.53 Å². The van der Waals surface area contributed by atoms with E-state index in [1.54, 1.807) is 0 Å². The minimum Gasteiger partial charge on any atom is -0.206 e. The monoisotopic (exact) mass is 192 g/mol. The van der Waals surface area contributed by atoms with Crippen LogP contribution in [-0.4, -0.2) is 20.1 Å². The van der Waals surface area contributed by atoms with Crippen molar-refractivity contribution in [3.63, 3.8) is 0 Å². The summed E-state index contributed by atoms with van der Waals surface area (Å²) in [5, 5.41) is 0. The SMILES string of the molecule is CCC(F)(F)CS(=O)(=O)OF. The lowest BCUT2D eigenvalue weighted by atomic mass is 10.3. The van der Waals surface area contributed by atoms with Gasteiger partial charge in [0, 0.05) is 6.42 Å². The summed E-state index contributed by atoms with van der Waals surface area (Å²) < 4.78 is 58.0. The summed E-state index contributed by atoms with van der Waals surface area (Å²) in [5.41, 5.74) is 0. The molecule has 0 radical (unpaired) electrons. The summed E-state index contributed by atoms with van der Waals surface area (Å²) in [7, 11) is -4.71. The van der Waals surface area contributed by atoms with Crippen LogP contribution in [0.1, 0.15) is 13.3 Å². The molecule has 0 aromatic carbocycles. The highest BCUT2D eigenvalue weighted by Gasteiger charge is 2.34. The van der Waals surface area contributed by atoms with Gasteiger partial charge in [0.05, 0.1) is 0 Å². The van der Waals surface area contributed by atoms with Gasteiger partial charge in [-0.1, -0.05) is 11.3 Å². The Morgan fingerprint density at radius 3 is 2.18 bits per heavy atom. The van der Waals surface area contributed by atoms with Crippen molar-refractivity contribution < 1.29 is 26.1 Å². The molecule has 0 aliphatic carbocycles. The first kappa shape index (κ1) is 10.7. The smallest absolute Gasteiger partial charge is 0.206 e. The van der Waals surface area contributed by atoms with Crippen LogP contribution in [0.25, 0.3) is 0 Å². The van der Waals surface area contributed by atoms with E-state index in [2.05, 4.69) is 4.39 Å². The third-order valence-electron chi connectivity index (χ3n) is 1.00. The Hall–Kier alpha value is -0.300. The second-order valence-electron chi connectivity index (χ2n) is 1.97. The van der Waals surface area contributed by atoms with Crippen molar-refractivity contribution in [2.24, 2.45) is 0 Å². The molecule has 0 rings (SSSR count). The Morgan fingerprint density at radius 1 is 1.45 bits per heavy atom. The molecular formula is C4H7F3O3S. The molecule has 0 aliphatic heterocycles. The van der Waals surface area contributed by atoms with Gasteiger partial charge in [0.25, 0.3) is 5.92 Å². The maximum Gasteiger partial charge on any atom is 0.303 e. The molecule has 0 aromatic rings. The molecule has 68 valence electrons. The predicted octanol–water partition coefficient (Wildman–Crippen LogP) is 1.26. The van der Waals surface area contributed by atoms with Crippen LogP contribution in [0.5, 0.6) is 0 Å². The molecule has 0 N–H and O–H groups in total. The molecule has 0 unspecified atom stereocenters. The highest BCUT2D eigenvalue weighted by atomic mass is 32.2. The van der Waals surface area contributed by atoms with Gasteiger partial charge in [-0.15, -0.1) is 0 Å². The van der Waals surface area contributed by atoms with E-state index in [1.807, 2.05) is 0 Å². The van der Waals surface area contributed by atoms with Gasteiger partial charge in [0.1, 0.15) is 5.75 Å². The summed E-state index contributed by atoms with van der Waals surface area (Å²) in [6, 6.07) is 0. The Kier molecular flexibility index (Phi) is 3.30. The molecule has 0 aliphatic rings.